The van der Waals surface area contributed by atoms with E-state index in [1.54, 1.807) is 0 Å². The van der Waals surface area contributed by atoms with E-state index in [2.05, 4.69) is 78.5 Å². The van der Waals surface area contributed by atoms with Crippen molar-refractivity contribution in [2.75, 3.05) is 0 Å². The highest BCUT2D eigenvalue weighted by Gasteiger charge is 2.16. The predicted molar refractivity (Wildman–Crippen MR) is 108 cm³/mol. The topological polar surface area (TPSA) is 43.1 Å². The van der Waals surface area contributed by atoms with Crippen LogP contribution in [0.2, 0.25) is 0 Å². The van der Waals surface area contributed by atoms with Crippen LogP contribution in [0.5, 0.6) is 0 Å². The van der Waals surface area contributed by atoms with E-state index in [4.69, 9.17) is 0 Å². The van der Waals surface area contributed by atoms with Gasteiger partial charge in [0.1, 0.15) is 5.01 Å². The number of rotatable bonds is 3. The number of aromatic nitrogens is 4. The molecule has 0 aliphatic heterocycles. The molecule has 4 nitrogen and oxygen atoms in total. The van der Waals surface area contributed by atoms with Gasteiger partial charge in [-0.05, 0) is 22.6 Å². The lowest BCUT2D eigenvalue weighted by Crippen LogP contribution is -2.10. The SMILES string of the molecule is CC(C)(C)c1ccc(-c2nnc3sc(/C=C/c4ccccc4)nn23)cc1. The summed E-state index contributed by atoms with van der Waals surface area (Å²) < 4.78 is 1.82. The lowest BCUT2D eigenvalue weighted by atomic mass is 9.87. The Morgan fingerprint density at radius 2 is 1.62 bits per heavy atom. The third-order valence-corrected chi connectivity index (χ3v) is 5.10. The lowest BCUT2D eigenvalue weighted by molar-refractivity contribution is 0.590. The van der Waals surface area contributed by atoms with Gasteiger partial charge >= 0.3 is 0 Å². The number of benzene rings is 2. The molecule has 130 valence electrons. The predicted octanol–water partition coefficient (Wildman–Crippen LogP) is 5.32. The van der Waals surface area contributed by atoms with Gasteiger partial charge < -0.3 is 0 Å². The van der Waals surface area contributed by atoms with E-state index in [1.165, 1.54) is 16.9 Å². The molecule has 5 heteroatoms. The van der Waals surface area contributed by atoms with Crippen molar-refractivity contribution in [3.8, 4) is 11.4 Å². The van der Waals surface area contributed by atoms with Crippen LogP contribution in [0.15, 0.2) is 54.6 Å². The lowest BCUT2D eigenvalue weighted by Gasteiger charge is -2.18. The molecule has 0 saturated heterocycles. The second-order valence-corrected chi connectivity index (χ2v) is 8.22. The fourth-order valence-corrected chi connectivity index (χ4v) is 3.47. The molecule has 2 aromatic carbocycles. The van der Waals surface area contributed by atoms with Crippen LogP contribution in [0.4, 0.5) is 0 Å². The molecule has 0 N–H and O–H groups in total. The van der Waals surface area contributed by atoms with Crippen molar-refractivity contribution < 1.29 is 0 Å². The molecule has 0 unspecified atom stereocenters. The normalized spacial score (nSPS) is 12.3. The van der Waals surface area contributed by atoms with Gasteiger partial charge in [0.2, 0.25) is 4.96 Å². The summed E-state index contributed by atoms with van der Waals surface area (Å²) >= 11 is 1.53. The minimum Gasteiger partial charge on any atom is -0.182 e. The summed E-state index contributed by atoms with van der Waals surface area (Å²) in [5.41, 5.74) is 3.60. The van der Waals surface area contributed by atoms with Crippen molar-refractivity contribution in [1.82, 2.24) is 19.8 Å². The Bertz CT molecular complexity index is 1050. The summed E-state index contributed by atoms with van der Waals surface area (Å²) in [5, 5.41) is 14.2. The van der Waals surface area contributed by atoms with E-state index in [0.717, 1.165) is 26.9 Å². The first-order valence-electron chi connectivity index (χ1n) is 8.57. The van der Waals surface area contributed by atoms with E-state index in [9.17, 15) is 0 Å². The maximum atomic E-state index is 4.66. The van der Waals surface area contributed by atoms with Crippen molar-refractivity contribution in [3.63, 3.8) is 0 Å². The van der Waals surface area contributed by atoms with Crippen LogP contribution in [0.3, 0.4) is 0 Å². The first kappa shape index (κ1) is 16.7. The van der Waals surface area contributed by atoms with Crippen molar-refractivity contribution in [2.45, 2.75) is 26.2 Å². The van der Waals surface area contributed by atoms with Gasteiger partial charge in [0.15, 0.2) is 5.82 Å². The number of fused-ring (bicyclic) bond motifs is 1. The molecule has 0 aliphatic carbocycles. The molecule has 26 heavy (non-hydrogen) atoms. The zero-order valence-corrected chi connectivity index (χ0v) is 15.9. The summed E-state index contributed by atoms with van der Waals surface area (Å²) in [7, 11) is 0. The second-order valence-electron chi connectivity index (χ2n) is 7.23. The van der Waals surface area contributed by atoms with Crippen LogP contribution in [0.25, 0.3) is 28.5 Å². The van der Waals surface area contributed by atoms with Crippen molar-refractivity contribution >= 4 is 28.4 Å². The zero-order chi connectivity index (χ0) is 18.1. The van der Waals surface area contributed by atoms with Crippen LogP contribution >= 0.6 is 11.3 Å². The highest BCUT2D eigenvalue weighted by molar-refractivity contribution is 7.17. The van der Waals surface area contributed by atoms with E-state index in [1.807, 2.05) is 28.8 Å². The largest absolute Gasteiger partial charge is 0.235 e. The summed E-state index contributed by atoms with van der Waals surface area (Å²) in [5.74, 6) is 0.774. The molecule has 4 aromatic rings. The van der Waals surface area contributed by atoms with Crippen LogP contribution in [0.1, 0.15) is 36.9 Å². The molecular formula is C21H20N4S. The van der Waals surface area contributed by atoms with Gasteiger partial charge in [-0.3, -0.25) is 0 Å². The third kappa shape index (κ3) is 3.30. The van der Waals surface area contributed by atoms with Gasteiger partial charge in [-0.2, -0.15) is 9.61 Å². The Hall–Kier alpha value is -2.79. The Kier molecular flexibility index (Phi) is 4.17. The Morgan fingerprint density at radius 3 is 2.31 bits per heavy atom. The smallest absolute Gasteiger partial charge is 0.182 e. The van der Waals surface area contributed by atoms with E-state index in [-0.39, 0.29) is 5.41 Å². The van der Waals surface area contributed by atoms with Gasteiger partial charge in [-0.1, -0.05) is 92.8 Å². The summed E-state index contributed by atoms with van der Waals surface area (Å²) in [4.78, 5) is 0.799. The summed E-state index contributed by atoms with van der Waals surface area (Å²) in [6, 6.07) is 18.7. The molecule has 0 amide bonds. The Balaban J connectivity index is 1.65. The van der Waals surface area contributed by atoms with Crippen LogP contribution in [-0.4, -0.2) is 19.8 Å². The molecule has 0 saturated carbocycles. The van der Waals surface area contributed by atoms with Gasteiger partial charge in [0.25, 0.3) is 0 Å². The van der Waals surface area contributed by atoms with Gasteiger partial charge in [0, 0.05) is 5.56 Å². The number of hydrogen-bond acceptors (Lipinski definition) is 4. The fourth-order valence-electron chi connectivity index (χ4n) is 2.73. The van der Waals surface area contributed by atoms with Crippen LogP contribution in [-0.2, 0) is 5.41 Å². The standard InChI is InChI=1S/C21H20N4S/c1-21(2,3)17-12-10-16(11-13-17)19-22-23-20-25(19)24-18(26-20)14-9-15-7-5-4-6-8-15/h4-14H,1-3H3/b14-9+. The highest BCUT2D eigenvalue weighted by atomic mass is 32.1. The Morgan fingerprint density at radius 1 is 0.885 bits per heavy atom. The van der Waals surface area contributed by atoms with Gasteiger partial charge in [-0.25, -0.2) is 0 Å². The monoisotopic (exact) mass is 360 g/mol. The van der Waals surface area contributed by atoms with E-state index >= 15 is 0 Å². The molecule has 0 bridgehead atoms. The van der Waals surface area contributed by atoms with Crippen LogP contribution in [0, 0.1) is 0 Å². The molecule has 0 radical (unpaired) electrons. The minimum atomic E-state index is 0.134. The van der Waals surface area contributed by atoms with Gasteiger partial charge in [0.05, 0.1) is 0 Å². The van der Waals surface area contributed by atoms with E-state index < -0.39 is 0 Å². The number of hydrogen-bond donors (Lipinski definition) is 0. The molecule has 4 rings (SSSR count). The van der Waals surface area contributed by atoms with Crippen molar-refractivity contribution in [2.24, 2.45) is 0 Å². The minimum absolute atomic E-state index is 0.134. The molecule has 2 aromatic heterocycles. The first-order valence-corrected chi connectivity index (χ1v) is 9.39. The third-order valence-electron chi connectivity index (χ3n) is 4.23. The quantitative estimate of drug-likeness (QED) is 0.496. The average Bonchev–Trinajstić information content (AvgIpc) is 3.20. The number of nitrogens with zero attached hydrogens (tertiary/aromatic N) is 4. The Labute approximate surface area is 156 Å². The molecular weight excluding hydrogens is 340 g/mol. The maximum absolute atomic E-state index is 4.66. The van der Waals surface area contributed by atoms with Gasteiger partial charge in [-0.15, -0.1) is 10.2 Å². The second kappa shape index (κ2) is 6.50. The van der Waals surface area contributed by atoms with Crippen molar-refractivity contribution in [3.05, 3.63) is 70.7 Å². The maximum Gasteiger partial charge on any atom is 0.235 e. The fraction of sp³-hybridized carbons (Fsp3) is 0.190. The van der Waals surface area contributed by atoms with Crippen LogP contribution < -0.4 is 0 Å². The highest BCUT2D eigenvalue weighted by Crippen LogP contribution is 2.26. The molecule has 0 aliphatic rings. The summed E-state index contributed by atoms with van der Waals surface area (Å²) in [6.07, 6.45) is 4.07. The molecule has 0 atom stereocenters. The summed E-state index contributed by atoms with van der Waals surface area (Å²) in [6.45, 7) is 6.63. The molecule has 0 spiro atoms. The van der Waals surface area contributed by atoms with Crippen molar-refractivity contribution in [1.29, 1.82) is 0 Å². The molecule has 2 heterocycles. The average molecular weight is 360 g/mol. The molecule has 0 fully saturated rings. The van der Waals surface area contributed by atoms with E-state index in [0.29, 0.717) is 0 Å². The first-order chi connectivity index (χ1) is 12.5. The zero-order valence-electron chi connectivity index (χ0n) is 15.0.